The lowest BCUT2D eigenvalue weighted by atomic mass is 10.3. The summed E-state index contributed by atoms with van der Waals surface area (Å²) in [6, 6.07) is -0.573. The van der Waals surface area contributed by atoms with Gasteiger partial charge in [-0.05, 0) is 19.8 Å². The molecule has 1 aliphatic carbocycles. The largest absolute Gasteiger partial charge is 0.480 e. The van der Waals surface area contributed by atoms with E-state index < -0.39 is 5.97 Å². The average molecular weight is 252 g/mol. The number of nitrogens with one attached hydrogen (secondary N) is 2. The van der Waals surface area contributed by atoms with Crippen molar-refractivity contribution in [3.8, 4) is 0 Å². The van der Waals surface area contributed by atoms with Crippen LogP contribution in [0.3, 0.4) is 0 Å². The molecule has 1 aliphatic rings. The monoisotopic (exact) mass is 252 g/mol. The van der Waals surface area contributed by atoms with E-state index in [4.69, 9.17) is 5.11 Å². The summed E-state index contributed by atoms with van der Waals surface area (Å²) in [5.41, 5.74) is 0. The summed E-state index contributed by atoms with van der Waals surface area (Å²) in [5.74, 6) is -0.350. The smallest absolute Gasteiger partial charge is 0.323 e. The number of carbonyl (C=O) groups is 2. The highest BCUT2D eigenvalue weighted by Gasteiger charge is 2.34. The lowest BCUT2D eigenvalue weighted by Crippen LogP contribution is -2.45. The summed E-state index contributed by atoms with van der Waals surface area (Å²) in [4.78, 5) is 31.0. The molecule has 18 heavy (non-hydrogen) atoms. The van der Waals surface area contributed by atoms with Crippen molar-refractivity contribution in [2.75, 3.05) is 6.54 Å². The second kappa shape index (κ2) is 5.07. The molecule has 0 bridgehead atoms. The number of hydrogen-bond acceptors (Lipinski definition) is 3. The van der Waals surface area contributed by atoms with E-state index >= 15 is 0 Å². The van der Waals surface area contributed by atoms with Crippen LogP contribution in [0.2, 0.25) is 0 Å². The number of carboxylic acids is 1. The number of amides is 2. The molecule has 0 aromatic carbocycles. The summed E-state index contributed by atoms with van der Waals surface area (Å²) in [5, 5.41) is 11.5. The Hall–Kier alpha value is -2.05. The number of carbonyl (C=O) groups excluding carboxylic acids is 1. The standard InChI is InChI=1S/C11H16N4O3/c1-7(10-12-4-5-13-10)14-11(18)15(6-9(16)17)8-2-3-8/h4-5,7-8H,2-3,6H2,1H3,(H,12,13)(H,14,18)(H,16,17). The zero-order valence-electron chi connectivity index (χ0n) is 10.1. The Kier molecular flexibility index (Phi) is 3.50. The zero-order valence-corrected chi connectivity index (χ0v) is 10.1. The molecule has 1 unspecified atom stereocenters. The molecule has 1 aromatic heterocycles. The number of carboxylic acid groups (broad SMARTS) is 1. The van der Waals surface area contributed by atoms with Crippen molar-refractivity contribution in [2.24, 2.45) is 0 Å². The molecule has 98 valence electrons. The van der Waals surface area contributed by atoms with E-state index in [1.807, 2.05) is 0 Å². The van der Waals surface area contributed by atoms with Gasteiger partial charge in [-0.15, -0.1) is 0 Å². The van der Waals surface area contributed by atoms with Gasteiger partial charge in [-0.2, -0.15) is 0 Å². The molecule has 2 rings (SSSR count). The van der Waals surface area contributed by atoms with Crippen LogP contribution in [0.15, 0.2) is 12.4 Å². The number of hydrogen-bond donors (Lipinski definition) is 3. The first-order chi connectivity index (χ1) is 8.58. The van der Waals surface area contributed by atoms with Crippen LogP contribution in [0.5, 0.6) is 0 Å². The normalized spacial score (nSPS) is 16.1. The highest BCUT2D eigenvalue weighted by Crippen LogP contribution is 2.26. The van der Waals surface area contributed by atoms with Crippen molar-refractivity contribution in [1.29, 1.82) is 0 Å². The van der Waals surface area contributed by atoms with Gasteiger partial charge in [0.25, 0.3) is 0 Å². The van der Waals surface area contributed by atoms with E-state index in [1.165, 1.54) is 4.90 Å². The predicted octanol–water partition coefficient (Wildman–Crippen LogP) is 0.729. The van der Waals surface area contributed by atoms with Crippen LogP contribution in [0.4, 0.5) is 4.79 Å². The molecule has 1 saturated carbocycles. The van der Waals surface area contributed by atoms with Crippen molar-refractivity contribution in [3.63, 3.8) is 0 Å². The molecule has 0 spiro atoms. The van der Waals surface area contributed by atoms with Crippen LogP contribution in [0.1, 0.15) is 31.6 Å². The van der Waals surface area contributed by atoms with Gasteiger partial charge in [0.05, 0.1) is 6.04 Å². The summed E-state index contributed by atoms with van der Waals surface area (Å²) in [6.07, 6.45) is 5.02. The summed E-state index contributed by atoms with van der Waals surface area (Å²) in [7, 11) is 0. The first kappa shape index (κ1) is 12.4. The maximum absolute atomic E-state index is 12.0. The maximum atomic E-state index is 12.0. The predicted molar refractivity (Wildman–Crippen MR) is 62.9 cm³/mol. The van der Waals surface area contributed by atoms with Gasteiger partial charge in [-0.1, -0.05) is 0 Å². The fourth-order valence-electron chi connectivity index (χ4n) is 1.75. The lowest BCUT2D eigenvalue weighted by Gasteiger charge is -2.22. The van der Waals surface area contributed by atoms with Crippen LogP contribution in [0.25, 0.3) is 0 Å². The SMILES string of the molecule is CC(NC(=O)N(CC(=O)O)C1CC1)c1ncc[nH]1. The molecular weight excluding hydrogens is 236 g/mol. The average Bonchev–Trinajstić information content (AvgIpc) is 2.99. The van der Waals surface area contributed by atoms with E-state index in [0.29, 0.717) is 5.82 Å². The molecule has 7 heteroatoms. The second-order valence-corrected chi connectivity index (χ2v) is 4.40. The van der Waals surface area contributed by atoms with Crippen molar-refractivity contribution >= 4 is 12.0 Å². The minimum absolute atomic E-state index is 0.0601. The van der Waals surface area contributed by atoms with E-state index in [9.17, 15) is 9.59 Å². The molecule has 1 heterocycles. The number of aliphatic carboxylic acids is 1. The third-order valence-corrected chi connectivity index (χ3v) is 2.82. The van der Waals surface area contributed by atoms with Crippen LogP contribution >= 0.6 is 0 Å². The molecule has 3 N–H and O–H groups in total. The molecule has 1 atom stereocenters. The van der Waals surface area contributed by atoms with Crippen LogP contribution < -0.4 is 5.32 Å². The van der Waals surface area contributed by atoms with Crippen molar-refractivity contribution < 1.29 is 14.7 Å². The lowest BCUT2D eigenvalue weighted by molar-refractivity contribution is -0.137. The van der Waals surface area contributed by atoms with Gasteiger partial charge in [0, 0.05) is 18.4 Å². The Morgan fingerprint density at radius 3 is 2.89 bits per heavy atom. The molecule has 0 aliphatic heterocycles. The van der Waals surface area contributed by atoms with Crippen LogP contribution in [-0.2, 0) is 4.79 Å². The third kappa shape index (κ3) is 2.99. The Morgan fingerprint density at radius 2 is 2.39 bits per heavy atom. The molecule has 0 radical (unpaired) electrons. The Bertz CT molecular complexity index is 428. The number of H-pyrrole nitrogens is 1. The van der Waals surface area contributed by atoms with Gasteiger partial charge < -0.3 is 20.3 Å². The molecule has 1 aromatic rings. The second-order valence-electron chi connectivity index (χ2n) is 4.40. The van der Waals surface area contributed by atoms with E-state index in [1.54, 1.807) is 19.3 Å². The van der Waals surface area contributed by atoms with E-state index in [2.05, 4.69) is 15.3 Å². The first-order valence-corrected chi connectivity index (χ1v) is 5.86. The molecule has 2 amide bonds. The van der Waals surface area contributed by atoms with Gasteiger partial charge in [0.2, 0.25) is 0 Å². The number of aromatic nitrogens is 2. The van der Waals surface area contributed by atoms with Gasteiger partial charge in [-0.25, -0.2) is 9.78 Å². The van der Waals surface area contributed by atoms with Crippen LogP contribution in [-0.4, -0.2) is 44.6 Å². The van der Waals surface area contributed by atoms with Crippen molar-refractivity contribution in [2.45, 2.75) is 31.8 Å². The number of nitrogens with zero attached hydrogens (tertiary/aromatic N) is 2. The Labute approximate surface area is 104 Å². The fraction of sp³-hybridized carbons (Fsp3) is 0.545. The topological polar surface area (TPSA) is 98.3 Å². The Morgan fingerprint density at radius 1 is 1.67 bits per heavy atom. The quantitative estimate of drug-likeness (QED) is 0.719. The first-order valence-electron chi connectivity index (χ1n) is 5.86. The molecular formula is C11H16N4O3. The van der Waals surface area contributed by atoms with Gasteiger partial charge >= 0.3 is 12.0 Å². The van der Waals surface area contributed by atoms with Gasteiger partial charge in [0.1, 0.15) is 12.4 Å². The Balaban J connectivity index is 1.94. The fourth-order valence-corrected chi connectivity index (χ4v) is 1.75. The highest BCUT2D eigenvalue weighted by atomic mass is 16.4. The number of rotatable bonds is 5. The van der Waals surface area contributed by atoms with Gasteiger partial charge in [0.15, 0.2) is 0 Å². The third-order valence-electron chi connectivity index (χ3n) is 2.82. The van der Waals surface area contributed by atoms with E-state index in [0.717, 1.165) is 12.8 Å². The molecule has 7 nitrogen and oxygen atoms in total. The molecule has 1 fully saturated rings. The number of imidazole rings is 1. The summed E-state index contributed by atoms with van der Waals surface area (Å²) >= 11 is 0. The van der Waals surface area contributed by atoms with E-state index in [-0.39, 0.29) is 24.7 Å². The minimum atomic E-state index is -0.997. The summed E-state index contributed by atoms with van der Waals surface area (Å²) < 4.78 is 0. The minimum Gasteiger partial charge on any atom is -0.480 e. The molecule has 0 saturated heterocycles. The van der Waals surface area contributed by atoms with Crippen molar-refractivity contribution in [1.82, 2.24) is 20.2 Å². The van der Waals surface area contributed by atoms with Crippen LogP contribution in [0, 0.1) is 0 Å². The number of aromatic amines is 1. The highest BCUT2D eigenvalue weighted by molar-refractivity contribution is 5.80. The summed E-state index contributed by atoms with van der Waals surface area (Å²) in [6.45, 7) is 1.53. The van der Waals surface area contributed by atoms with Gasteiger partial charge in [-0.3, -0.25) is 4.79 Å². The number of urea groups is 1. The maximum Gasteiger partial charge on any atom is 0.323 e. The van der Waals surface area contributed by atoms with Crippen molar-refractivity contribution in [3.05, 3.63) is 18.2 Å². The zero-order chi connectivity index (χ0) is 13.1.